The SMILES string of the molecule is O=C(COc1ccc(OC(F)(F)F)cc1)N1CCc2c(ncnc2NCC(O)C23CC4CC(CC(C4)C2)C3)C1. The molecule has 2 heterocycles. The minimum atomic E-state index is -4.77. The largest absolute Gasteiger partial charge is 0.573 e. The summed E-state index contributed by atoms with van der Waals surface area (Å²) >= 11 is 0. The normalized spacial score (nSPS) is 28.1. The maximum Gasteiger partial charge on any atom is 0.573 e. The number of rotatable bonds is 8. The van der Waals surface area contributed by atoms with Crippen molar-refractivity contribution >= 4 is 11.7 Å². The van der Waals surface area contributed by atoms with Crippen LogP contribution in [0.4, 0.5) is 19.0 Å². The number of carbonyl (C=O) groups excluding carboxylic acids is 1. The number of carbonyl (C=O) groups is 1. The van der Waals surface area contributed by atoms with Crippen molar-refractivity contribution in [2.75, 3.05) is 25.0 Å². The van der Waals surface area contributed by atoms with Gasteiger partial charge in [0.2, 0.25) is 0 Å². The van der Waals surface area contributed by atoms with Crippen LogP contribution in [0.2, 0.25) is 0 Å². The Kier molecular flexibility index (Phi) is 6.81. The van der Waals surface area contributed by atoms with Crippen molar-refractivity contribution in [1.82, 2.24) is 14.9 Å². The second-order valence-corrected chi connectivity index (χ2v) is 11.7. The minimum absolute atomic E-state index is 0.0315. The lowest BCUT2D eigenvalue weighted by Gasteiger charge is -2.58. The number of aliphatic hydroxyl groups is 1. The number of nitrogens with zero attached hydrogens (tertiary/aromatic N) is 3. The predicted octanol–water partition coefficient (Wildman–Crippen LogP) is 4.33. The van der Waals surface area contributed by atoms with E-state index >= 15 is 0 Å². The number of aromatic nitrogens is 2. The van der Waals surface area contributed by atoms with Crippen molar-refractivity contribution in [3.63, 3.8) is 0 Å². The zero-order valence-corrected chi connectivity index (χ0v) is 21.6. The van der Waals surface area contributed by atoms with Crippen molar-refractivity contribution in [2.24, 2.45) is 23.2 Å². The lowest BCUT2D eigenvalue weighted by molar-refractivity contribution is -0.274. The highest BCUT2D eigenvalue weighted by Gasteiger charge is 2.53. The zero-order chi connectivity index (χ0) is 27.2. The fourth-order valence-electron chi connectivity index (χ4n) is 7.69. The summed E-state index contributed by atoms with van der Waals surface area (Å²) in [7, 11) is 0. The third kappa shape index (κ3) is 5.64. The molecule has 8 nitrogen and oxygen atoms in total. The molecule has 1 aromatic heterocycles. The summed E-state index contributed by atoms with van der Waals surface area (Å²) in [5, 5.41) is 14.7. The number of aliphatic hydroxyl groups excluding tert-OH is 1. The van der Waals surface area contributed by atoms with Gasteiger partial charge in [-0.05, 0) is 92.4 Å². The van der Waals surface area contributed by atoms with Crippen LogP contribution in [0.1, 0.15) is 49.8 Å². The molecule has 1 aliphatic heterocycles. The molecule has 1 unspecified atom stereocenters. The van der Waals surface area contributed by atoms with Crippen molar-refractivity contribution < 1.29 is 32.5 Å². The van der Waals surface area contributed by atoms with Gasteiger partial charge in [-0.3, -0.25) is 4.79 Å². The Labute approximate surface area is 224 Å². The number of nitrogens with one attached hydrogen (secondary N) is 1. The van der Waals surface area contributed by atoms with E-state index in [4.69, 9.17) is 4.74 Å². The summed E-state index contributed by atoms with van der Waals surface area (Å²) in [5.41, 5.74) is 1.74. The standard InChI is InChI=1S/C28H33F3N4O4/c29-28(30,31)39-21-3-1-20(2-4-21)38-15-25(37)35-6-5-22-23(14-35)33-16-34-26(22)32-13-24(36)27-10-17-7-18(11-27)9-19(8-17)12-27/h1-4,16-19,24,36H,5-15H2,(H,32,33,34). The molecule has 4 aliphatic carbocycles. The Morgan fingerprint density at radius 2 is 1.72 bits per heavy atom. The van der Waals surface area contributed by atoms with E-state index < -0.39 is 12.5 Å². The van der Waals surface area contributed by atoms with E-state index in [1.807, 2.05) is 0 Å². The number of halogens is 3. The molecule has 39 heavy (non-hydrogen) atoms. The summed E-state index contributed by atoms with van der Waals surface area (Å²) in [6.07, 6.45) is 4.28. The number of fused-ring (bicyclic) bond motifs is 1. The topological polar surface area (TPSA) is 96.8 Å². The molecule has 0 saturated heterocycles. The molecular formula is C28H33F3N4O4. The van der Waals surface area contributed by atoms with Crippen molar-refractivity contribution in [1.29, 1.82) is 0 Å². The zero-order valence-electron chi connectivity index (χ0n) is 21.6. The van der Waals surface area contributed by atoms with Crippen LogP contribution in [-0.2, 0) is 17.8 Å². The summed E-state index contributed by atoms with van der Waals surface area (Å²) in [6.45, 7) is 0.985. The van der Waals surface area contributed by atoms with E-state index in [0.29, 0.717) is 31.9 Å². The first-order valence-electron chi connectivity index (χ1n) is 13.7. The molecule has 0 radical (unpaired) electrons. The Morgan fingerprint density at radius 3 is 2.36 bits per heavy atom. The number of amides is 1. The van der Waals surface area contributed by atoms with E-state index in [9.17, 15) is 23.1 Å². The summed E-state index contributed by atoms with van der Waals surface area (Å²) in [4.78, 5) is 23.3. The van der Waals surface area contributed by atoms with Crippen molar-refractivity contribution in [2.45, 2.75) is 64.0 Å². The van der Waals surface area contributed by atoms with Gasteiger partial charge >= 0.3 is 6.36 Å². The van der Waals surface area contributed by atoms with E-state index in [0.717, 1.165) is 60.4 Å². The van der Waals surface area contributed by atoms with Gasteiger partial charge in [0, 0.05) is 18.7 Å². The van der Waals surface area contributed by atoms with E-state index in [1.54, 1.807) is 4.90 Å². The van der Waals surface area contributed by atoms with Gasteiger partial charge in [0.1, 0.15) is 23.6 Å². The molecule has 2 aromatic rings. The third-order valence-electron chi connectivity index (χ3n) is 9.03. The summed E-state index contributed by atoms with van der Waals surface area (Å²) in [6, 6.07) is 4.91. The lowest BCUT2D eigenvalue weighted by Crippen LogP contribution is -2.53. The van der Waals surface area contributed by atoms with Gasteiger partial charge < -0.3 is 24.8 Å². The lowest BCUT2D eigenvalue weighted by atomic mass is 9.48. The van der Waals surface area contributed by atoms with Crippen molar-refractivity contribution in [3.05, 3.63) is 41.9 Å². The van der Waals surface area contributed by atoms with Crippen LogP contribution in [0.25, 0.3) is 0 Å². The summed E-state index contributed by atoms with van der Waals surface area (Å²) < 4.78 is 46.3. The summed E-state index contributed by atoms with van der Waals surface area (Å²) in [5.74, 6) is 2.69. The predicted molar refractivity (Wildman–Crippen MR) is 135 cm³/mol. The highest BCUT2D eigenvalue weighted by atomic mass is 19.4. The second-order valence-electron chi connectivity index (χ2n) is 11.7. The number of anilines is 1. The Hall–Kier alpha value is -3.08. The molecule has 0 spiro atoms. The first-order valence-corrected chi connectivity index (χ1v) is 13.7. The number of ether oxygens (including phenoxy) is 2. The van der Waals surface area contributed by atoms with Crippen LogP contribution in [-0.4, -0.2) is 58.0 Å². The minimum Gasteiger partial charge on any atom is -0.484 e. The van der Waals surface area contributed by atoms with Crippen LogP contribution < -0.4 is 14.8 Å². The van der Waals surface area contributed by atoms with Crippen LogP contribution in [0.15, 0.2) is 30.6 Å². The van der Waals surface area contributed by atoms with Gasteiger partial charge in [0.15, 0.2) is 6.61 Å². The van der Waals surface area contributed by atoms with Crippen LogP contribution in [0.5, 0.6) is 11.5 Å². The fourth-order valence-corrected chi connectivity index (χ4v) is 7.69. The highest BCUT2D eigenvalue weighted by Crippen LogP contribution is 2.61. The van der Waals surface area contributed by atoms with Crippen LogP contribution >= 0.6 is 0 Å². The van der Waals surface area contributed by atoms with Gasteiger partial charge in [0.25, 0.3) is 5.91 Å². The molecule has 210 valence electrons. The molecule has 4 bridgehead atoms. The third-order valence-corrected chi connectivity index (χ3v) is 9.03. The molecule has 1 amide bonds. The molecule has 4 fully saturated rings. The average molecular weight is 547 g/mol. The molecular weight excluding hydrogens is 513 g/mol. The molecule has 4 saturated carbocycles. The Balaban J connectivity index is 1.02. The number of hydrogen-bond donors (Lipinski definition) is 2. The Bertz CT molecular complexity index is 1170. The highest BCUT2D eigenvalue weighted by molar-refractivity contribution is 5.78. The maximum absolute atomic E-state index is 12.8. The monoisotopic (exact) mass is 546 g/mol. The van der Waals surface area contributed by atoms with Gasteiger partial charge in [-0.15, -0.1) is 13.2 Å². The van der Waals surface area contributed by atoms with E-state index in [2.05, 4.69) is 20.0 Å². The van der Waals surface area contributed by atoms with Crippen LogP contribution in [0.3, 0.4) is 0 Å². The molecule has 1 atom stereocenters. The van der Waals surface area contributed by atoms with Gasteiger partial charge in [-0.1, -0.05) is 0 Å². The first kappa shape index (κ1) is 26.2. The smallest absolute Gasteiger partial charge is 0.484 e. The Morgan fingerprint density at radius 1 is 1.08 bits per heavy atom. The number of alkyl halides is 3. The molecule has 7 rings (SSSR count). The quantitative estimate of drug-likeness (QED) is 0.509. The van der Waals surface area contributed by atoms with Crippen LogP contribution in [0, 0.1) is 23.2 Å². The number of benzene rings is 1. The molecule has 1 aromatic carbocycles. The van der Waals surface area contributed by atoms with Gasteiger partial charge in [0.05, 0.1) is 18.3 Å². The average Bonchev–Trinajstić information content (AvgIpc) is 2.89. The molecule has 2 N–H and O–H groups in total. The fraction of sp³-hybridized carbons (Fsp3) is 0.607. The van der Waals surface area contributed by atoms with Gasteiger partial charge in [-0.25, -0.2) is 9.97 Å². The molecule has 11 heteroatoms. The second kappa shape index (κ2) is 10.1. The first-order chi connectivity index (χ1) is 18.7. The van der Waals surface area contributed by atoms with Gasteiger partial charge in [-0.2, -0.15) is 0 Å². The van der Waals surface area contributed by atoms with Crippen molar-refractivity contribution in [3.8, 4) is 11.5 Å². The molecule has 5 aliphatic rings. The van der Waals surface area contributed by atoms with E-state index in [-0.39, 0.29) is 29.4 Å². The number of hydrogen-bond acceptors (Lipinski definition) is 7. The van der Waals surface area contributed by atoms with E-state index in [1.165, 1.54) is 37.7 Å². The maximum atomic E-state index is 12.8.